The van der Waals surface area contributed by atoms with Gasteiger partial charge in [-0.2, -0.15) is 13.2 Å². The van der Waals surface area contributed by atoms with Crippen molar-refractivity contribution in [2.45, 2.75) is 12.7 Å². The van der Waals surface area contributed by atoms with Crippen LogP contribution in [-0.4, -0.2) is 41.1 Å². The number of nitrogens with zero attached hydrogens (tertiary/aromatic N) is 1. The van der Waals surface area contributed by atoms with Crippen molar-refractivity contribution < 1.29 is 27.9 Å². The lowest BCUT2D eigenvalue weighted by Gasteiger charge is -2.22. The Labute approximate surface area is 112 Å². The van der Waals surface area contributed by atoms with Crippen LogP contribution in [0.15, 0.2) is 18.2 Å². The van der Waals surface area contributed by atoms with Gasteiger partial charge in [0.2, 0.25) is 0 Å². The first-order valence-electron chi connectivity index (χ1n) is 5.76. The summed E-state index contributed by atoms with van der Waals surface area (Å²) >= 11 is 0. The molecule has 1 aliphatic heterocycles. The van der Waals surface area contributed by atoms with Gasteiger partial charge in [-0.1, -0.05) is 6.07 Å². The molecule has 2 rings (SSSR count). The predicted molar refractivity (Wildman–Crippen MR) is 63.4 cm³/mol. The molecule has 20 heavy (non-hydrogen) atoms. The zero-order valence-corrected chi connectivity index (χ0v) is 10.2. The molecule has 1 heterocycles. The molecule has 0 aliphatic carbocycles. The van der Waals surface area contributed by atoms with E-state index in [2.05, 4.69) is 5.32 Å². The maximum Gasteiger partial charge on any atom is 0.471 e. The molecule has 0 fully saturated rings. The highest BCUT2D eigenvalue weighted by Crippen LogP contribution is 2.27. The Kier molecular flexibility index (Phi) is 3.56. The van der Waals surface area contributed by atoms with E-state index in [1.54, 1.807) is 6.07 Å². The lowest BCUT2D eigenvalue weighted by atomic mass is 10.0. The third kappa shape index (κ3) is 2.68. The number of nitrogens with one attached hydrogen (secondary N) is 1. The maximum absolute atomic E-state index is 12.5. The summed E-state index contributed by atoms with van der Waals surface area (Å²) in [4.78, 5) is 23.0. The first-order valence-corrected chi connectivity index (χ1v) is 5.76. The van der Waals surface area contributed by atoms with Crippen molar-refractivity contribution in [3.8, 4) is 0 Å². The van der Waals surface area contributed by atoms with Crippen molar-refractivity contribution in [1.82, 2.24) is 4.90 Å². The number of carboxylic acids is 1. The van der Waals surface area contributed by atoms with E-state index in [-0.39, 0.29) is 30.8 Å². The van der Waals surface area contributed by atoms with Gasteiger partial charge in [-0.3, -0.25) is 4.79 Å². The van der Waals surface area contributed by atoms with E-state index in [1.807, 2.05) is 0 Å². The molecule has 0 saturated heterocycles. The van der Waals surface area contributed by atoms with Crippen LogP contribution >= 0.6 is 0 Å². The minimum absolute atomic E-state index is 0.114. The Bertz CT molecular complexity index is 557. The number of carbonyl (C=O) groups is 2. The molecule has 5 nitrogen and oxygen atoms in total. The fourth-order valence-corrected chi connectivity index (χ4v) is 2.07. The molecular weight excluding hydrogens is 277 g/mol. The molecule has 1 aliphatic rings. The number of rotatable bonds is 1. The van der Waals surface area contributed by atoms with Gasteiger partial charge in [-0.05, 0) is 12.1 Å². The SMILES string of the molecule is O=C(O)c1cccc2c1CN(C(=O)C(F)(F)F)CCN2. The number of alkyl halides is 3. The summed E-state index contributed by atoms with van der Waals surface area (Å²) in [5, 5.41) is 11.9. The summed E-state index contributed by atoms with van der Waals surface area (Å²) in [5.74, 6) is -3.21. The van der Waals surface area contributed by atoms with Crippen molar-refractivity contribution >= 4 is 17.6 Å². The van der Waals surface area contributed by atoms with Crippen LogP contribution in [0.1, 0.15) is 15.9 Å². The average molecular weight is 288 g/mol. The largest absolute Gasteiger partial charge is 0.478 e. The van der Waals surface area contributed by atoms with Crippen LogP contribution in [-0.2, 0) is 11.3 Å². The van der Waals surface area contributed by atoms with Gasteiger partial charge in [-0.25, -0.2) is 4.79 Å². The summed E-state index contributed by atoms with van der Waals surface area (Å²) < 4.78 is 37.4. The van der Waals surface area contributed by atoms with Crippen molar-refractivity contribution in [3.63, 3.8) is 0 Å². The van der Waals surface area contributed by atoms with Gasteiger partial charge in [0, 0.05) is 30.9 Å². The fraction of sp³-hybridized carbons (Fsp3) is 0.333. The fourth-order valence-electron chi connectivity index (χ4n) is 2.07. The second-order valence-electron chi connectivity index (χ2n) is 4.29. The highest BCUT2D eigenvalue weighted by atomic mass is 19.4. The van der Waals surface area contributed by atoms with Gasteiger partial charge in [0.1, 0.15) is 0 Å². The number of carboxylic acid groups (broad SMARTS) is 1. The van der Waals surface area contributed by atoms with E-state index in [1.165, 1.54) is 12.1 Å². The highest BCUT2D eigenvalue weighted by molar-refractivity contribution is 5.92. The summed E-state index contributed by atoms with van der Waals surface area (Å²) in [6.45, 7) is -0.410. The van der Waals surface area contributed by atoms with E-state index in [9.17, 15) is 22.8 Å². The summed E-state index contributed by atoms with van der Waals surface area (Å²) in [5.41, 5.74) is 0.495. The molecule has 2 N–H and O–H groups in total. The summed E-state index contributed by atoms with van der Waals surface area (Å²) in [6, 6.07) is 4.37. The van der Waals surface area contributed by atoms with Gasteiger partial charge in [0.05, 0.1) is 5.56 Å². The van der Waals surface area contributed by atoms with Gasteiger partial charge >= 0.3 is 18.1 Å². The number of hydrogen-bond donors (Lipinski definition) is 2. The Morgan fingerprint density at radius 3 is 2.60 bits per heavy atom. The Morgan fingerprint density at radius 2 is 2.00 bits per heavy atom. The van der Waals surface area contributed by atoms with Gasteiger partial charge in [-0.15, -0.1) is 0 Å². The topological polar surface area (TPSA) is 69.6 Å². The van der Waals surface area contributed by atoms with Crippen molar-refractivity contribution in [1.29, 1.82) is 0 Å². The van der Waals surface area contributed by atoms with Crippen LogP contribution in [0.3, 0.4) is 0 Å². The third-order valence-electron chi connectivity index (χ3n) is 2.98. The second-order valence-corrected chi connectivity index (χ2v) is 4.29. The van der Waals surface area contributed by atoms with E-state index in [4.69, 9.17) is 5.11 Å². The molecule has 0 spiro atoms. The van der Waals surface area contributed by atoms with Crippen LogP contribution in [0.25, 0.3) is 0 Å². The molecule has 0 bridgehead atoms. The molecule has 0 saturated carbocycles. The minimum atomic E-state index is -4.97. The monoisotopic (exact) mass is 288 g/mol. The first kappa shape index (κ1) is 14.2. The zero-order valence-electron chi connectivity index (χ0n) is 10.2. The molecule has 0 atom stereocenters. The predicted octanol–water partition coefficient (Wildman–Crippen LogP) is 1.70. The molecule has 0 aromatic heterocycles. The number of carbonyl (C=O) groups excluding carboxylic acids is 1. The van der Waals surface area contributed by atoms with Gasteiger partial charge in [0.25, 0.3) is 0 Å². The average Bonchev–Trinajstić information content (AvgIpc) is 2.57. The highest BCUT2D eigenvalue weighted by Gasteiger charge is 2.43. The molecule has 1 amide bonds. The maximum atomic E-state index is 12.5. The number of benzene rings is 1. The zero-order chi connectivity index (χ0) is 14.9. The van der Waals surface area contributed by atoms with Crippen LogP contribution < -0.4 is 5.32 Å². The standard InChI is InChI=1S/C12H11F3N2O3/c13-12(14,15)11(20)17-5-4-16-9-3-1-2-7(10(18)19)8(9)6-17/h1-3,16H,4-6H2,(H,18,19). The molecule has 8 heteroatoms. The Balaban J connectivity index is 2.38. The number of fused-ring (bicyclic) bond motifs is 1. The number of hydrogen-bond acceptors (Lipinski definition) is 3. The van der Waals surface area contributed by atoms with Crippen molar-refractivity contribution in [3.05, 3.63) is 29.3 Å². The normalized spacial score (nSPS) is 15.1. The Morgan fingerprint density at radius 1 is 1.30 bits per heavy atom. The number of halogens is 3. The van der Waals surface area contributed by atoms with Crippen LogP contribution in [0.2, 0.25) is 0 Å². The van der Waals surface area contributed by atoms with Gasteiger partial charge < -0.3 is 15.3 Å². The van der Waals surface area contributed by atoms with Crippen LogP contribution in [0.4, 0.5) is 18.9 Å². The molecule has 108 valence electrons. The van der Waals surface area contributed by atoms with Crippen molar-refractivity contribution in [2.75, 3.05) is 18.4 Å². The van der Waals surface area contributed by atoms with Gasteiger partial charge in [0.15, 0.2) is 0 Å². The summed E-state index contributed by atoms with van der Waals surface area (Å²) in [6.07, 6.45) is -4.97. The second kappa shape index (κ2) is 5.03. The van der Waals surface area contributed by atoms with Crippen LogP contribution in [0.5, 0.6) is 0 Å². The minimum Gasteiger partial charge on any atom is -0.478 e. The summed E-state index contributed by atoms with van der Waals surface area (Å²) in [7, 11) is 0. The number of aromatic carboxylic acids is 1. The van der Waals surface area contributed by atoms with E-state index >= 15 is 0 Å². The molecule has 1 aromatic rings. The lowest BCUT2D eigenvalue weighted by Crippen LogP contribution is -2.41. The molecular formula is C12H11F3N2O3. The lowest BCUT2D eigenvalue weighted by molar-refractivity contribution is -0.185. The molecule has 0 unspecified atom stereocenters. The molecule has 1 aromatic carbocycles. The number of anilines is 1. The van der Waals surface area contributed by atoms with Crippen molar-refractivity contribution in [2.24, 2.45) is 0 Å². The Hall–Kier alpha value is -2.25. The van der Waals surface area contributed by atoms with E-state index in [0.29, 0.717) is 10.6 Å². The smallest absolute Gasteiger partial charge is 0.471 e. The van der Waals surface area contributed by atoms with E-state index in [0.717, 1.165) is 0 Å². The quantitative estimate of drug-likeness (QED) is 0.825. The number of amides is 1. The first-order chi connectivity index (χ1) is 9.30. The van der Waals surface area contributed by atoms with E-state index < -0.39 is 18.1 Å². The third-order valence-corrected chi connectivity index (χ3v) is 2.98. The molecule has 0 radical (unpaired) electrons. The van der Waals surface area contributed by atoms with Crippen LogP contribution in [0, 0.1) is 0 Å².